The first kappa shape index (κ1) is 20.1. The highest BCUT2D eigenvalue weighted by Crippen LogP contribution is 2.17. The Hall–Kier alpha value is -2.61. The van der Waals surface area contributed by atoms with E-state index in [4.69, 9.17) is 9.47 Å². The summed E-state index contributed by atoms with van der Waals surface area (Å²) in [4.78, 5) is 20.8. The number of fused-ring (bicyclic) bond motifs is 1. The van der Waals surface area contributed by atoms with E-state index in [9.17, 15) is 4.79 Å². The molecule has 0 aliphatic heterocycles. The number of alkyl carbamates (subject to hydrolysis) is 1. The van der Waals surface area contributed by atoms with Crippen molar-refractivity contribution in [1.82, 2.24) is 19.9 Å². The molecule has 3 rings (SSSR count). The Morgan fingerprint density at radius 3 is 2.82 bits per heavy atom. The van der Waals surface area contributed by atoms with Crippen LogP contribution in [0, 0.1) is 0 Å². The largest absolute Gasteiger partial charge is 0.490 e. The Labute approximate surface area is 172 Å². The second-order valence-electron chi connectivity index (χ2n) is 7.38. The van der Waals surface area contributed by atoms with E-state index in [1.54, 1.807) is 18.7 Å². The van der Waals surface area contributed by atoms with E-state index < -0.39 is 11.7 Å². The molecule has 1 amide bonds. The van der Waals surface area contributed by atoms with Crippen LogP contribution in [-0.4, -0.2) is 38.9 Å². The standard InChI is InChI=1S/C20H23BrN4O3/c1-20(2,3)28-19(26)24-15(12-27-16-8-14(21)9-22-10-16)11-25-13-23-17-6-4-5-7-18(17)25/h4-10,13,15H,11-12H2,1-3H3,(H,24,26)/t15-/m0/s1. The number of nitrogens with one attached hydrogen (secondary N) is 1. The quantitative estimate of drug-likeness (QED) is 0.614. The van der Waals surface area contributed by atoms with Gasteiger partial charge in [0, 0.05) is 17.2 Å². The molecule has 7 nitrogen and oxygen atoms in total. The number of pyridine rings is 1. The van der Waals surface area contributed by atoms with Gasteiger partial charge in [0.1, 0.15) is 18.0 Å². The molecule has 2 aromatic heterocycles. The fourth-order valence-electron chi connectivity index (χ4n) is 2.68. The molecule has 1 N–H and O–H groups in total. The van der Waals surface area contributed by atoms with Crippen molar-refractivity contribution in [2.45, 2.75) is 39.0 Å². The first-order chi connectivity index (χ1) is 13.3. The first-order valence-corrected chi connectivity index (χ1v) is 9.72. The summed E-state index contributed by atoms with van der Waals surface area (Å²) in [5, 5.41) is 2.89. The molecular weight excluding hydrogens is 424 g/mol. The van der Waals surface area contributed by atoms with Crippen LogP contribution in [0.4, 0.5) is 4.79 Å². The molecule has 2 heterocycles. The Morgan fingerprint density at radius 1 is 1.29 bits per heavy atom. The fraction of sp³-hybridized carbons (Fsp3) is 0.350. The Bertz CT molecular complexity index is 952. The number of aromatic nitrogens is 3. The van der Waals surface area contributed by atoms with Crippen molar-refractivity contribution in [2.24, 2.45) is 0 Å². The number of hydrogen-bond acceptors (Lipinski definition) is 5. The van der Waals surface area contributed by atoms with E-state index in [0.717, 1.165) is 15.5 Å². The van der Waals surface area contributed by atoms with E-state index in [1.807, 2.05) is 55.7 Å². The molecule has 28 heavy (non-hydrogen) atoms. The highest BCUT2D eigenvalue weighted by molar-refractivity contribution is 9.10. The van der Waals surface area contributed by atoms with Gasteiger partial charge >= 0.3 is 6.09 Å². The molecular formula is C20H23BrN4O3. The minimum atomic E-state index is -0.578. The number of nitrogens with zero attached hydrogens (tertiary/aromatic N) is 3. The van der Waals surface area contributed by atoms with Crippen molar-refractivity contribution in [1.29, 1.82) is 0 Å². The molecule has 3 aromatic rings. The Balaban J connectivity index is 1.74. The third-order valence-electron chi connectivity index (χ3n) is 3.80. The van der Waals surface area contributed by atoms with Gasteiger partial charge < -0.3 is 19.4 Å². The van der Waals surface area contributed by atoms with Crippen LogP contribution < -0.4 is 10.1 Å². The van der Waals surface area contributed by atoms with Crippen LogP contribution in [-0.2, 0) is 11.3 Å². The van der Waals surface area contributed by atoms with Crippen molar-refractivity contribution in [3.63, 3.8) is 0 Å². The maximum absolute atomic E-state index is 12.3. The number of carbonyl (C=O) groups is 1. The molecule has 8 heteroatoms. The second kappa shape index (κ2) is 8.60. The Kier molecular flexibility index (Phi) is 6.18. The summed E-state index contributed by atoms with van der Waals surface area (Å²) in [6.07, 6.45) is 4.58. The number of rotatable bonds is 6. The van der Waals surface area contributed by atoms with Gasteiger partial charge in [0.05, 0.1) is 29.6 Å². The number of amides is 1. The lowest BCUT2D eigenvalue weighted by Crippen LogP contribution is -2.44. The lowest BCUT2D eigenvalue weighted by Gasteiger charge is -2.24. The van der Waals surface area contributed by atoms with Gasteiger partial charge in [-0.25, -0.2) is 9.78 Å². The van der Waals surface area contributed by atoms with E-state index in [2.05, 4.69) is 31.2 Å². The number of carbonyl (C=O) groups excluding carboxylic acids is 1. The number of ether oxygens (including phenoxy) is 2. The van der Waals surface area contributed by atoms with Crippen LogP contribution in [0.15, 0.2) is 53.5 Å². The molecule has 1 atom stereocenters. The number of imidazole rings is 1. The molecule has 0 fully saturated rings. The van der Waals surface area contributed by atoms with Gasteiger partial charge in [-0.1, -0.05) is 12.1 Å². The number of halogens is 1. The molecule has 0 unspecified atom stereocenters. The van der Waals surface area contributed by atoms with Gasteiger partial charge in [-0.15, -0.1) is 0 Å². The average molecular weight is 447 g/mol. The van der Waals surface area contributed by atoms with Crippen molar-refractivity contribution < 1.29 is 14.3 Å². The third-order valence-corrected chi connectivity index (χ3v) is 4.23. The van der Waals surface area contributed by atoms with E-state index >= 15 is 0 Å². The van der Waals surface area contributed by atoms with Gasteiger partial charge in [-0.3, -0.25) is 4.98 Å². The van der Waals surface area contributed by atoms with Crippen molar-refractivity contribution in [3.8, 4) is 5.75 Å². The molecule has 0 bridgehead atoms. The van der Waals surface area contributed by atoms with E-state index in [1.165, 1.54) is 0 Å². The number of hydrogen-bond donors (Lipinski definition) is 1. The van der Waals surface area contributed by atoms with Gasteiger partial charge in [0.2, 0.25) is 0 Å². The lowest BCUT2D eigenvalue weighted by molar-refractivity contribution is 0.0481. The predicted octanol–water partition coefficient (Wildman–Crippen LogP) is 4.17. The maximum atomic E-state index is 12.3. The van der Waals surface area contributed by atoms with Crippen LogP contribution in [0.25, 0.3) is 11.0 Å². The van der Waals surface area contributed by atoms with Crippen LogP contribution in [0.3, 0.4) is 0 Å². The smallest absolute Gasteiger partial charge is 0.408 e. The molecule has 0 radical (unpaired) electrons. The summed E-state index contributed by atoms with van der Waals surface area (Å²) in [5.41, 5.74) is 1.31. The minimum Gasteiger partial charge on any atom is -0.490 e. The maximum Gasteiger partial charge on any atom is 0.408 e. The van der Waals surface area contributed by atoms with E-state index in [0.29, 0.717) is 12.3 Å². The average Bonchev–Trinajstić information content (AvgIpc) is 3.01. The summed E-state index contributed by atoms with van der Waals surface area (Å²) in [6.45, 7) is 6.23. The molecule has 0 saturated carbocycles. The van der Waals surface area contributed by atoms with Gasteiger partial charge in [0.25, 0.3) is 0 Å². The van der Waals surface area contributed by atoms with Crippen LogP contribution >= 0.6 is 15.9 Å². The van der Waals surface area contributed by atoms with Crippen LogP contribution in [0.1, 0.15) is 20.8 Å². The zero-order valence-electron chi connectivity index (χ0n) is 16.1. The zero-order valence-corrected chi connectivity index (χ0v) is 17.6. The van der Waals surface area contributed by atoms with Crippen molar-refractivity contribution in [3.05, 3.63) is 53.5 Å². The molecule has 0 spiro atoms. The molecule has 148 valence electrons. The summed E-state index contributed by atoms with van der Waals surface area (Å²) in [6, 6.07) is 9.34. The SMILES string of the molecule is CC(C)(C)OC(=O)N[C@H](COc1cncc(Br)c1)Cn1cnc2ccccc21. The minimum absolute atomic E-state index is 0.254. The molecule has 1 aromatic carbocycles. The highest BCUT2D eigenvalue weighted by Gasteiger charge is 2.21. The summed E-state index contributed by atoms with van der Waals surface area (Å²) >= 11 is 3.37. The summed E-state index contributed by atoms with van der Waals surface area (Å²) < 4.78 is 14.0. The normalized spacial score (nSPS) is 12.6. The number of para-hydroxylation sites is 2. The molecule has 0 saturated heterocycles. The highest BCUT2D eigenvalue weighted by atomic mass is 79.9. The van der Waals surface area contributed by atoms with Gasteiger partial charge in [-0.05, 0) is 54.9 Å². The molecule has 0 aliphatic rings. The van der Waals surface area contributed by atoms with E-state index in [-0.39, 0.29) is 12.6 Å². The predicted molar refractivity (Wildman–Crippen MR) is 110 cm³/mol. The monoisotopic (exact) mass is 446 g/mol. The Morgan fingerprint density at radius 2 is 2.07 bits per heavy atom. The third kappa shape index (κ3) is 5.69. The lowest BCUT2D eigenvalue weighted by atomic mass is 10.2. The zero-order chi connectivity index (χ0) is 20.1. The van der Waals surface area contributed by atoms with Crippen molar-refractivity contribution in [2.75, 3.05) is 6.61 Å². The van der Waals surface area contributed by atoms with Crippen LogP contribution in [0.5, 0.6) is 5.75 Å². The summed E-state index contributed by atoms with van der Waals surface area (Å²) in [7, 11) is 0. The van der Waals surface area contributed by atoms with Gasteiger partial charge in [0.15, 0.2) is 0 Å². The fourth-order valence-corrected chi connectivity index (χ4v) is 3.02. The summed E-state index contributed by atoms with van der Waals surface area (Å²) in [5.74, 6) is 0.612. The van der Waals surface area contributed by atoms with Crippen molar-refractivity contribution >= 4 is 33.1 Å². The molecule has 0 aliphatic carbocycles. The second-order valence-corrected chi connectivity index (χ2v) is 8.29. The first-order valence-electron chi connectivity index (χ1n) is 8.93. The topological polar surface area (TPSA) is 78.3 Å². The van der Waals surface area contributed by atoms with Gasteiger partial charge in [-0.2, -0.15) is 0 Å². The number of benzene rings is 1. The van der Waals surface area contributed by atoms with Crippen LogP contribution in [0.2, 0.25) is 0 Å².